The molecule has 0 fully saturated rings. The van der Waals surface area contributed by atoms with Crippen LogP contribution in [0, 0.1) is 0 Å². The third-order valence-electron chi connectivity index (χ3n) is 3.71. The number of unbranched alkanes of at least 4 members (excludes halogenated alkanes) is 2. The molecule has 0 aromatic heterocycles. The molecule has 0 saturated carbocycles. The fraction of sp³-hybridized carbons (Fsp3) is 0.263. The van der Waals surface area contributed by atoms with Crippen LogP contribution in [-0.4, -0.2) is 18.4 Å². The highest BCUT2D eigenvalue weighted by molar-refractivity contribution is 9.10. The maximum atomic E-state index is 11.9. The Balaban J connectivity index is 1.58. The number of benzene rings is 2. The number of anilines is 2. The fourth-order valence-electron chi connectivity index (χ4n) is 2.32. The van der Waals surface area contributed by atoms with Gasteiger partial charge >= 0.3 is 0 Å². The van der Waals surface area contributed by atoms with Gasteiger partial charge in [-0.1, -0.05) is 34.5 Å². The second kappa shape index (κ2) is 9.84. The lowest BCUT2D eigenvalue weighted by molar-refractivity contribution is -0.116. The van der Waals surface area contributed by atoms with Gasteiger partial charge < -0.3 is 16.4 Å². The van der Waals surface area contributed by atoms with E-state index in [-0.39, 0.29) is 11.8 Å². The number of hydrogen-bond donors (Lipinski definition) is 3. The van der Waals surface area contributed by atoms with Crippen LogP contribution in [0.5, 0.6) is 0 Å². The van der Waals surface area contributed by atoms with Gasteiger partial charge in [0.1, 0.15) is 0 Å². The average molecular weight is 404 g/mol. The highest BCUT2D eigenvalue weighted by Crippen LogP contribution is 2.17. The van der Waals surface area contributed by atoms with Gasteiger partial charge in [0.05, 0.1) is 11.4 Å². The Bertz CT molecular complexity index is 717. The van der Waals surface area contributed by atoms with Crippen LogP contribution in [-0.2, 0) is 4.79 Å². The topological polar surface area (TPSA) is 84.2 Å². The molecule has 0 aliphatic heterocycles. The van der Waals surface area contributed by atoms with E-state index in [0.717, 1.165) is 23.7 Å². The van der Waals surface area contributed by atoms with E-state index in [2.05, 4.69) is 26.6 Å². The first-order valence-corrected chi connectivity index (χ1v) is 9.03. The van der Waals surface area contributed by atoms with E-state index >= 15 is 0 Å². The number of amides is 2. The predicted octanol–water partition coefficient (Wildman–Crippen LogP) is 3.96. The van der Waals surface area contributed by atoms with Crippen LogP contribution in [0.4, 0.5) is 11.4 Å². The third-order valence-corrected chi connectivity index (χ3v) is 4.24. The molecule has 5 nitrogen and oxygen atoms in total. The summed E-state index contributed by atoms with van der Waals surface area (Å²) < 4.78 is 0.944. The van der Waals surface area contributed by atoms with Gasteiger partial charge in [0.2, 0.25) is 5.91 Å². The zero-order chi connectivity index (χ0) is 18.1. The molecule has 0 aliphatic rings. The maximum absolute atomic E-state index is 11.9. The lowest BCUT2D eigenvalue weighted by Gasteiger charge is -2.08. The molecule has 2 aromatic rings. The van der Waals surface area contributed by atoms with Crippen LogP contribution in [0.3, 0.4) is 0 Å². The molecule has 0 unspecified atom stereocenters. The lowest BCUT2D eigenvalue weighted by Crippen LogP contribution is -2.24. The zero-order valence-corrected chi connectivity index (χ0v) is 15.5. The van der Waals surface area contributed by atoms with Gasteiger partial charge in [-0.25, -0.2) is 0 Å². The molecular formula is C19H22BrN3O2. The standard InChI is InChI=1S/C19H22BrN3O2/c20-15-11-9-14(10-12-15)19(25)22-13-5-1-2-8-18(24)23-17-7-4-3-6-16(17)21/h3-4,6-7,9-12H,1-2,5,8,13,21H2,(H,22,25)(H,23,24). The average Bonchev–Trinajstić information content (AvgIpc) is 2.60. The summed E-state index contributed by atoms with van der Waals surface area (Å²) in [5, 5.41) is 5.69. The van der Waals surface area contributed by atoms with Gasteiger partial charge in [-0.2, -0.15) is 0 Å². The van der Waals surface area contributed by atoms with Crippen LogP contribution in [0.15, 0.2) is 53.0 Å². The Hall–Kier alpha value is -2.34. The van der Waals surface area contributed by atoms with E-state index in [1.54, 1.807) is 24.3 Å². The van der Waals surface area contributed by atoms with Crippen LogP contribution in [0.1, 0.15) is 36.0 Å². The number of para-hydroxylation sites is 2. The molecule has 0 bridgehead atoms. The van der Waals surface area contributed by atoms with Gasteiger partial charge in [0.15, 0.2) is 0 Å². The Labute approximate surface area is 156 Å². The van der Waals surface area contributed by atoms with E-state index in [1.165, 1.54) is 0 Å². The normalized spacial score (nSPS) is 10.3. The van der Waals surface area contributed by atoms with Crippen LogP contribution in [0.2, 0.25) is 0 Å². The molecule has 2 rings (SSSR count). The van der Waals surface area contributed by atoms with E-state index in [1.807, 2.05) is 24.3 Å². The number of halogens is 1. The third kappa shape index (κ3) is 6.58. The van der Waals surface area contributed by atoms with Crippen molar-refractivity contribution in [3.63, 3.8) is 0 Å². The molecule has 0 radical (unpaired) electrons. The minimum Gasteiger partial charge on any atom is -0.397 e. The van der Waals surface area contributed by atoms with Gasteiger partial charge in [0.25, 0.3) is 5.91 Å². The van der Waals surface area contributed by atoms with Crippen LogP contribution < -0.4 is 16.4 Å². The van der Waals surface area contributed by atoms with Crippen LogP contribution in [0.25, 0.3) is 0 Å². The molecular weight excluding hydrogens is 382 g/mol. The number of rotatable bonds is 8. The lowest BCUT2D eigenvalue weighted by atomic mass is 10.1. The second-order valence-electron chi connectivity index (χ2n) is 5.71. The zero-order valence-electron chi connectivity index (χ0n) is 13.9. The molecule has 0 aliphatic carbocycles. The summed E-state index contributed by atoms with van der Waals surface area (Å²) in [5.74, 6) is -0.124. The second-order valence-corrected chi connectivity index (χ2v) is 6.62. The molecule has 4 N–H and O–H groups in total. The molecule has 0 atom stereocenters. The first-order valence-electron chi connectivity index (χ1n) is 8.24. The number of nitrogen functional groups attached to an aromatic ring is 1. The van der Waals surface area contributed by atoms with E-state index in [4.69, 9.17) is 5.73 Å². The SMILES string of the molecule is Nc1ccccc1NC(=O)CCCCCNC(=O)c1ccc(Br)cc1. The highest BCUT2D eigenvalue weighted by atomic mass is 79.9. The summed E-state index contributed by atoms with van der Waals surface area (Å²) in [5.41, 5.74) is 7.64. The van der Waals surface area contributed by atoms with Crippen molar-refractivity contribution < 1.29 is 9.59 Å². The Kier molecular flexibility index (Phi) is 7.47. The molecule has 0 saturated heterocycles. The quantitative estimate of drug-likeness (QED) is 0.460. The monoisotopic (exact) mass is 403 g/mol. The molecule has 6 heteroatoms. The van der Waals surface area contributed by atoms with Crippen molar-refractivity contribution in [1.82, 2.24) is 5.32 Å². The van der Waals surface area contributed by atoms with Crippen molar-refractivity contribution in [1.29, 1.82) is 0 Å². The van der Waals surface area contributed by atoms with Crippen molar-refractivity contribution in [2.45, 2.75) is 25.7 Å². The maximum Gasteiger partial charge on any atom is 0.251 e. The van der Waals surface area contributed by atoms with E-state index < -0.39 is 0 Å². The summed E-state index contributed by atoms with van der Waals surface area (Å²) in [6, 6.07) is 14.4. The Morgan fingerprint density at radius 3 is 2.40 bits per heavy atom. The van der Waals surface area contributed by atoms with Gasteiger partial charge in [-0.3, -0.25) is 9.59 Å². The van der Waals surface area contributed by atoms with Crippen molar-refractivity contribution >= 4 is 39.1 Å². The highest BCUT2D eigenvalue weighted by Gasteiger charge is 2.06. The largest absolute Gasteiger partial charge is 0.397 e. The number of hydrogen-bond acceptors (Lipinski definition) is 3. The number of carbonyl (C=O) groups is 2. The number of nitrogens with two attached hydrogens (primary N) is 1. The predicted molar refractivity (Wildman–Crippen MR) is 104 cm³/mol. The van der Waals surface area contributed by atoms with E-state index in [0.29, 0.717) is 29.9 Å². The molecule has 0 heterocycles. The van der Waals surface area contributed by atoms with Crippen molar-refractivity contribution in [2.75, 3.05) is 17.6 Å². The Morgan fingerprint density at radius 1 is 0.960 bits per heavy atom. The van der Waals surface area contributed by atoms with Gasteiger partial charge in [-0.15, -0.1) is 0 Å². The summed E-state index contributed by atoms with van der Waals surface area (Å²) in [4.78, 5) is 23.8. The van der Waals surface area contributed by atoms with Crippen LogP contribution >= 0.6 is 15.9 Å². The molecule has 25 heavy (non-hydrogen) atoms. The van der Waals surface area contributed by atoms with Crippen molar-refractivity contribution in [3.05, 3.63) is 58.6 Å². The van der Waals surface area contributed by atoms with Gasteiger partial charge in [0, 0.05) is 23.0 Å². The summed E-state index contributed by atoms with van der Waals surface area (Å²) >= 11 is 3.34. The number of nitrogens with one attached hydrogen (secondary N) is 2. The minimum absolute atomic E-state index is 0.0446. The number of carbonyl (C=O) groups excluding carboxylic acids is 2. The summed E-state index contributed by atoms with van der Waals surface area (Å²) in [6.07, 6.45) is 2.92. The molecule has 0 spiro atoms. The first kappa shape index (κ1) is 19.0. The summed E-state index contributed by atoms with van der Waals surface area (Å²) in [6.45, 7) is 0.599. The van der Waals surface area contributed by atoms with E-state index in [9.17, 15) is 9.59 Å². The molecule has 2 amide bonds. The molecule has 132 valence electrons. The minimum atomic E-state index is -0.0789. The Morgan fingerprint density at radius 2 is 1.68 bits per heavy atom. The smallest absolute Gasteiger partial charge is 0.251 e. The van der Waals surface area contributed by atoms with Gasteiger partial charge in [-0.05, 0) is 49.2 Å². The molecule has 2 aromatic carbocycles. The van der Waals surface area contributed by atoms with Crippen molar-refractivity contribution in [2.24, 2.45) is 0 Å². The van der Waals surface area contributed by atoms with Crippen molar-refractivity contribution in [3.8, 4) is 0 Å². The summed E-state index contributed by atoms with van der Waals surface area (Å²) in [7, 11) is 0. The first-order chi connectivity index (χ1) is 12.1. The fourth-order valence-corrected chi connectivity index (χ4v) is 2.58.